The number of esters is 1. The number of carboxylic acids is 1. The molecule has 2 amide bonds. The van der Waals surface area contributed by atoms with Crippen molar-refractivity contribution in [2.45, 2.75) is 56.3 Å². The van der Waals surface area contributed by atoms with E-state index in [0.717, 1.165) is 25.2 Å². The zero-order chi connectivity index (χ0) is 29.4. The Morgan fingerprint density at radius 3 is 2.27 bits per heavy atom. The van der Waals surface area contributed by atoms with Gasteiger partial charge in [0, 0.05) is 17.0 Å². The van der Waals surface area contributed by atoms with Crippen LogP contribution < -0.4 is 11.1 Å². The van der Waals surface area contributed by atoms with Crippen LogP contribution in [0, 0.1) is 0 Å². The molecule has 216 valence electrons. The lowest BCUT2D eigenvalue weighted by Crippen LogP contribution is -2.70. The minimum absolute atomic E-state index is 0.202. The van der Waals surface area contributed by atoms with Crippen LogP contribution in [0.4, 0.5) is 5.69 Å². The molecule has 2 heterocycles. The summed E-state index contributed by atoms with van der Waals surface area (Å²) in [5.74, 6) is -1.85. The summed E-state index contributed by atoms with van der Waals surface area (Å²) in [4.78, 5) is 51.0. The molecule has 2 aromatic rings. The van der Waals surface area contributed by atoms with Gasteiger partial charge in [-0.05, 0) is 56.8 Å². The third kappa shape index (κ3) is 7.54. The van der Waals surface area contributed by atoms with Crippen LogP contribution in [0.25, 0.3) is 0 Å². The maximum atomic E-state index is 12.3. The van der Waals surface area contributed by atoms with Crippen molar-refractivity contribution >= 4 is 41.2 Å². The molecular weight excluding hydrogens is 532 g/mol. The zero-order valence-electron chi connectivity index (χ0n) is 23.3. The van der Waals surface area contributed by atoms with Gasteiger partial charge in [-0.2, -0.15) is 0 Å². The first-order valence-corrected chi connectivity index (χ1v) is 14.2. The number of nitrogen functional groups attached to an aromatic ring is 1. The van der Waals surface area contributed by atoms with Crippen molar-refractivity contribution in [3.05, 3.63) is 65.7 Å². The van der Waals surface area contributed by atoms with E-state index in [1.165, 1.54) is 16.7 Å². The van der Waals surface area contributed by atoms with Crippen molar-refractivity contribution in [1.82, 2.24) is 15.1 Å². The Morgan fingerprint density at radius 1 is 1.07 bits per heavy atom. The summed E-state index contributed by atoms with van der Waals surface area (Å²) in [6.45, 7) is 10.9. The summed E-state index contributed by atoms with van der Waals surface area (Å²) < 4.78 is 4.60. The number of anilines is 1. The van der Waals surface area contributed by atoms with Crippen molar-refractivity contribution < 1.29 is 29.0 Å². The van der Waals surface area contributed by atoms with Crippen LogP contribution in [0.1, 0.15) is 43.6 Å². The fraction of sp³-hybridized carbons (Fsp3) is 0.448. The highest BCUT2D eigenvalue weighted by molar-refractivity contribution is 8.01. The van der Waals surface area contributed by atoms with E-state index in [-0.39, 0.29) is 29.6 Å². The number of nitrogens with zero attached hydrogens (tertiary/aromatic N) is 2. The Hall–Kier alpha value is -3.57. The second-order valence-corrected chi connectivity index (χ2v) is 11.9. The highest BCUT2D eigenvalue weighted by Crippen LogP contribution is 2.50. The lowest BCUT2D eigenvalue weighted by Gasteiger charge is -2.43. The third-order valence-corrected chi connectivity index (χ3v) is 8.45. The molecule has 2 aliphatic rings. The fourth-order valence-electron chi connectivity index (χ4n) is 4.66. The number of benzene rings is 2. The van der Waals surface area contributed by atoms with E-state index in [0.29, 0.717) is 17.9 Å². The SMILES string of the molecule is CC1(C)SC2C(NC(=O)Cc3ccccc3)C(=O)N2C1C(=O)O.CCN(CC)CCOC(=O)c1ccc(N)cc1. The predicted octanol–water partition coefficient (Wildman–Crippen LogP) is 2.63. The summed E-state index contributed by atoms with van der Waals surface area (Å²) in [5.41, 5.74) is 7.60. The van der Waals surface area contributed by atoms with E-state index in [1.54, 1.807) is 24.3 Å². The van der Waals surface area contributed by atoms with Gasteiger partial charge in [-0.25, -0.2) is 9.59 Å². The lowest BCUT2D eigenvalue weighted by molar-refractivity contribution is -0.161. The van der Waals surface area contributed by atoms with Gasteiger partial charge in [0.2, 0.25) is 11.8 Å². The molecule has 4 N–H and O–H groups in total. The van der Waals surface area contributed by atoms with E-state index in [4.69, 9.17) is 10.5 Å². The van der Waals surface area contributed by atoms with Gasteiger partial charge in [-0.1, -0.05) is 44.2 Å². The zero-order valence-corrected chi connectivity index (χ0v) is 24.1. The highest BCUT2D eigenvalue weighted by Gasteiger charge is 2.64. The summed E-state index contributed by atoms with van der Waals surface area (Å²) in [7, 11) is 0. The van der Waals surface area contributed by atoms with Gasteiger partial charge < -0.3 is 30.7 Å². The van der Waals surface area contributed by atoms with Gasteiger partial charge in [0.1, 0.15) is 24.1 Å². The van der Waals surface area contributed by atoms with Gasteiger partial charge >= 0.3 is 11.9 Å². The van der Waals surface area contributed by atoms with Gasteiger partial charge in [-0.3, -0.25) is 9.59 Å². The molecule has 40 heavy (non-hydrogen) atoms. The molecule has 10 nitrogen and oxygen atoms in total. The molecule has 3 unspecified atom stereocenters. The second kappa shape index (κ2) is 13.7. The fourth-order valence-corrected chi connectivity index (χ4v) is 6.29. The molecule has 11 heteroatoms. The average Bonchev–Trinajstić information content (AvgIpc) is 3.19. The van der Waals surface area contributed by atoms with E-state index >= 15 is 0 Å². The van der Waals surface area contributed by atoms with Crippen molar-refractivity contribution in [3.8, 4) is 0 Å². The summed E-state index contributed by atoms with van der Waals surface area (Å²) in [6, 6.07) is 14.5. The normalized spacial score (nSPS) is 20.6. The van der Waals surface area contributed by atoms with Gasteiger partial charge in [0.15, 0.2) is 0 Å². The molecule has 0 saturated carbocycles. The van der Waals surface area contributed by atoms with Crippen molar-refractivity contribution in [2.24, 2.45) is 0 Å². The number of carbonyl (C=O) groups is 4. The van der Waals surface area contributed by atoms with Crippen LogP contribution in [0.3, 0.4) is 0 Å². The number of likely N-dealkylation sites (N-methyl/N-ethyl adjacent to an activating group) is 1. The predicted molar refractivity (Wildman–Crippen MR) is 155 cm³/mol. The number of amides is 2. The Labute approximate surface area is 239 Å². The molecular formula is C29H38N4O6S. The number of hydrogen-bond acceptors (Lipinski definition) is 8. The number of aliphatic carboxylic acids is 1. The molecule has 2 fully saturated rings. The van der Waals surface area contributed by atoms with Crippen LogP contribution in [-0.4, -0.2) is 87.1 Å². The molecule has 0 aliphatic carbocycles. The van der Waals surface area contributed by atoms with Gasteiger partial charge in [0.05, 0.1) is 12.0 Å². The Balaban J connectivity index is 0.000000232. The average molecular weight is 571 g/mol. The topological polar surface area (TPSA) is 142 Å². The van der Waals surface area contributed by atoms with Crippen molar-refractivity contribution in [3.63, 3.8) is 0 Å². The van der Waals surface area contributed by atoms with E-state index in [9.17, 15) is 24.3 Å². The first-order chi connectivity index (χ1) is 19.0. The number of rotatable bonds is 10. The van der Waals surface area contributed by atoms with Crippen LogP contribution in [0.5, 0.6) is 0 Å². The van der Waals surface area contributed by atoms with Crippen LogP contribution >= 0.6 is 11.8 Å². The molecule has 2 saturated heterocycles. The van der Waals surface area contributed by atoms with E-state index < -0.39 is 22.8 Å². The number of thioether (sulfide) groups is 1. The standard InChI is InChI=1S/C16H18N2O4S.C13H20N2O2/c1-16(2)12(15(21)22)18-13(20)11(14(18)23-16)17-10(19)8-9-6-4-3-5-7-9;1-3-15(4-2)9-10-17-13(16)11-5-7-12(14)8-6-11/h3-7,11-12,14H,8H2,1-2H3,(H,17,19)(H,21,22);5-8H,3-4,9-10,14H2,1-2H3. The number of fused-ring (bicyclic) bond motifs is 1. The Kier molecular flexibility index (Phi) is 10.6. The summed E-state index contributed by atoms with van der Waals surface area (Å²) >= 11 is 1.42. The number of hydrogen-bond donors (Lipinski definition) is 3. The minimum atomic E-state index is -1.01. The minimum Gasteiger partial charge on any atom is -0.480 e. The second-order valence-electron chi connectivity index (χ2n) is 10.1. The van der Waals surface area contributed by atoms with Gasteiger partial charge in [0.25, 0.3) is 0 Å². The number of ether oxygens (including phenoxy) is 1. The van der Waals surface area contributed by atoms with Crippen LogP contribution in [-0.2, 0) is 25.5 Å². The number of nitrogens with two attached hydrogens (primary N) is 1. The maximum absolute atomic E-state index is 12.3. The smallest absolute Gasteiger partial charge is 0.338 e. The quantitative estimate of drug-likeness (QED) is 0.223. The Morgan fingerprint density at radius 2 is 1.70 bits per heavy atom. The van der Waals surface area contributed by atoms with Crippen molar-refractivity contribution in [1.29, 1.82) is 0 Å². The van der Waals surface area contributed by atoms with Gasteiger partial charge in [-0.15, -0.1) is 11.8 Å². The summed E-state index contributed by atoms with van der Waals surface area (Å²) in [5, 5.41) is 11.8. The number of nitrogens with one attached hydrogen (secondary N) is 1. The van der Waals surface area contributed by atoms with Crippen LogP contribution in [0.2, 0.25) is 0 Å². The Bertz CT molecular complexity index is 1190. The molecule has 2 aromatic carbocycles. The lowest BCUT2D eigenvalue weighted by atomic mass is 9.96. The highest BCUT2D eigenvalue weighted by atomic mass is 32.2. The first-order valence-electron chi connectivity index (χ1n) is 13.3. The van der Waals surface area contributed by atoms with Crippen LogP contribution in [0.15, 0.2) is 54.6 Å². The maximum Gasteiger partial charge on any atom is 0.338 e. The molecule has 2 aliphatic heterocycles. The number of carbonyl (C=O) groups excluding carboxylic acids is 3. The summed E-state index contributed by atoms with van der Waals surface area (Å²) in [6.07, 6.45) is 0.202. The number of carboxylic acid groups (broad SMARTS) is 1. The first kappa shape index (κ1) is 31.0. The number of β-lactam (4-membered cyclic amide) rings is 1. The molecule has 4 rings (SSSR count). The monoisotopic (exact) mass is 570 g/mol. The third-order valence-electron chi connectivity index (χ3n) is 6.88. The molecule has 0 bridgehead atoms. The molecule has 0 radical (unpaired) electrons. The van der Waals surface area contributed by atoms with Crippen molar-refractivity contribution in [2.75, 3.05) is 32.0 Å². The largest absolute Gasteiger partial charge is 0.480 e. The molecule has 0 aromatic heterocycles. The molecule has 0 spiro atoms. The molecule has 3 atom stereocenters. The van der Waals surface area contributed by atoms with E-state index in [2.05, 4.69) is 24.1 Å². The van der Waals surface area contributed by atoms with E-state index in [1.807, 2.05) is 44.2 Å².